The minimum absolute atomic E-state index is 0.101. The van der Waals surface area contributed by atoms with E-state index in [0.717, 1.165) is 34.1 Å². The van der Waals surface area contributed by atoms with Crippen molar-refractivity contribution in [1.82, 2.24) is 4.90 Å². The van der Waals surface area contributed by atoms with E-state index < -0.39 is 0 Å². The molecular formula is C17H15BrN2O. The molecule has 2 aromatic carbocycles. The third kappa shape index (κ3) is 2.14. The van der Waals surface area contributed by atoms with Gasteiger partial charge in [-0.1, -0.05) is 46.3 Å². The lowest BCUT2D eigenvalue weighted by atomic mass is 10.0. The Kier molecular flexibility index (Phi) is 3.00. The van der Waals surface area contributed by atoms with Gasteiger partial charge in [-0.2, -0.15) is 0 Å². The number of nitrogens with one attached hydrogen (secondary N) is 1. The highest BCUT2D eigenvalue weighted by molar-refractivity contribution is 9.10. The van der Waals surface area contributed by atoms with Gasteiger partial charge in [-0.15, -0.1) is 0 Å². The fraction of sp³-hybridized carbons (Fsp3) is 0.235. The second-order valence-corrected chi connectivity index (χ2v) is 6.41. The maximum absolute atomic E-state index is 12.9. The molecule has 1 aliphatic carbocycles. The third-order valence-electron chi connectivity index (χ3n) is 4.10. The van der Waals surface area contributed by atoms with Crippen molar-refractivity contribution >= 4 is 27.5 Å². The van der Waals surface area contributed by atoms with Gasteiger partial charge in [0.05, 0.1) is 5.56 Å². The number of anilines is 1. The van der Waals surface area contributed by atoms with Crippen molar-refractivity contribution in [3.05, 3.63) is 64.1 Å². The summed E-state index contributed by atoms with van der Waals surface area (Å²) in [5, 5.41) is 3.53. The van der Waals surface area contributed by atoms with E-state index in [-0.39, 0.29) is 12.1 Å². The Hall–Kier alpha value is -1.81. The number of hydrogen-bond donors (Lipinski definition) is 1. The summed E-state index contributed by atoms with van der Waals surface area (Å²) in [4.78, 5) is 14.9. The predicted octanol–water partition coefficient (Wildman–Crippen LogP) is 4.18. The van der Waals surface area contributed by atoms with E-state index in [1.54, 1.807) is 0 Å². The van der Waals surface area contributed by atoms with Crippen LogP contribution in [0.3, 0.4) is 0 Å². The largest absolute Gasteiger partial charge is 0.361 e. The Bertz CT molecular complexity index is 711. The quantitative estimate of drug-likeness (QED) is 0.887. The summed E-state index contributed by atoms with van der Waals surface area (Å²) in [7, 11) is 0. The van der Waals surface area contributed by atoms with Crippen molar-refractivity contribution in [3.63, 3.8) is 0 Å². The normalized spacial score (nSPS) is 20.9. The summed E-state index contributed by atoms with van der Waals surface area (Å²) < 4.78 is 1.03. The van der Waals surface area contributed by atoms with Gasteiger partial charge < -0.3 is 10.2 Å². The number of carbonyl (C=O) groups excluding carboxylic acids is 1. The minimum atomic E-state index is -0.101. The summed E-state index contributed by atoms with van der Waals surface area (Å²) in [5.41, 5.74) is 2.79. The molecule has 3 nitrogen and oxygen atoms in total. The van der Waals surface area contributed by atoms with Crippen LogP contribution in [0.2, 0.25) is 0 Å². The Balaban J connectivity index is 1.83. The molecule has 4 rings (SSSR count). The topological polar surface area (TPSA) is 32.3 Å². The van der Waals surface area contributed by atoms with Crippen LogP contribution in [0.4, 0.5) is 5.69 Å². The van der Waals surface area contributed by atoms with Crippen molar-refractivity contribution in [2.45, 2.75) is 25.0 Å². The summed E-state index contributed by atoms with van der Waals surface area (Å²) in [5.74, 6) is 0.132. The molecule has 0 spiro atoms. The van der Waals surface area contributed by atoms with Gasteiger partial charge in [0.25, 0.3) is 5.91 Å². The Morgan fingerprint density at radius 1 is 1.05 bits per heavy atom. The first-order valence-electron chi connectivity index (χ1n) is 7.18. The SMILES string of the molecule is O=C1c2ccccc2N[C@@H](c2ccccc2Br)N1C1CC1. The molecule has 1 atom stereocenters. The van der Waals surface area contributed by atoms with Crippen LogP contribution in [0.15, 0.2) is 53.0 Å². The lowest BCUT2D eigenvalue weighted by Gasteiger charge is -2.38. The summed E-state index contributed by atoms with van der Waals surface area (Å²) in [6.45, 7) is 0. The van der Waals surface area contributed by atoms with E-state index >= 15 is 0 Å². The Morgan fingerprint density at radius 2 is 1.76 bits per heavy atom. The van der Waals surface area contributed by atoms with Gasteiger partial charge in [-0.05, 0) is 31.0 Å². The van der Waals surface area contributed by atoms with Crippen LogP contribution < -0.4 is 5.32 Å². The van der Waals surface area contributed by atoms with Gasteiger partial charge in [-0.25, -0.2) is 0 Å². The molecule has 1 fully saturated rings. The number of rotatable bonds is 2. The van der Waals surface area contributed by atoms with Gasteiger partial charge in [0.1, 0.15) is 6.17 Å². The smallest absolute Gasteiger partial charge is 0.258 e. The first-order valence-corrected chi connectivity index (χ1v) is 7.97. The average Bonchev–Trinajstić information content (AvgIpc) is 3.32. The highest BCUT2D eigenvalue weighted by Gasteiger charge is 2.42. The Morgan fingerprint density at radius 3 is 2.52 bits per heavy atom. The molecule has 0 saturated heterocycles. The monoisotopic (exact) mass is 342 g/mol. The highest BCUT2D eigenvalue weighted by Crippen LogP contribution is 2.42. The lowest BCUT2D eigenvalue weighted by Crippen LogP contribution is -2.44. The van der Waals surface area contributed by atoms with Crippen molar-refractivity contribution in [2.24, 2.45) is 0 Å². The van der Waals surface area contributed by atoms with Crippen LogP contribution in [-0.2, 0) is 0 Å². The molecule has 0 aromatic heterocycles. The maximum atomic E-state index is 12.9. The number of fused-ring (bicyclic) bond motifs is 1. The van der Waals surface area contributed by atoms with E-state index in [2.05, 4.69) is 27.3 Å². The first kappa shape index (κ1) is 12.9. The standard InChI is InChI=1S/C17H15BrN2O/c18-14-7-3-1-5-12(14)16-19-15-8-4-2-6-13(15)17(21)20(16)11-9-10-11/h1-8,11,16,19H,9-10H2/t16-/m1/s1. The molecular weight excluding hydrogens is 328 g/mol. The summed E-state index contributed by atoms with van der Waals surface area (Å²) in [6, 6.07) is 16.2. The summed E-state index contributed by atoms with van der Waals surface area (Å²) in [6.07, 6.45) is 2.09. The molecule has 0 radical (unpaired) electrons. The fourth-order valence-corrected chi connectivity index (χ4v) is 3.42. The van der Waals surface area contributed by atoms with E-state index in [1.165, 1.54) is 0 Å². The first-order chi connectivity index (χ1) is 10.3. The highest BCUT2D eigenvalue weighted by atomic mass is 79.9. The molecule has 1 amide bonds. The fourth-order valence-electron chi connectivity index (χ4n) is 2.92. The molecule has 0 unspecified atom stereocenters. The van der Waals surface area contributed by atoms with Gasteiger partial charge in [-0.3, -0.25) is 4.79 Å². The van der Waals surface area contributed by atoms with Crippen LogP contribution in [0, 0.1) is 0 Å². The number of halogens is 1. The zero-order valence-corrected chi connectivity index (χ0v) is 13.0. The average molecular weight is 343 g/mol. The van der Waals surface area contributed by atoms with E-state index in [1.807, 2.05) is 47.4 Å². The number of carbonyl (C=O) groups is 1. The molecule has 1 saturated carbocycles. The molecule has 106 valence electrons. The van der Waals surface area contributed by atoms with Crippen LogP contribution in [0.1, 0.15) is 34.9 Å². The number of benzene rings is 2. The summed E-state index contributed by atoms with van der Waals surface area (Å²) >= 11 is 3.61. The molecule has 0 bridgehead atoms. The predicted molar refractivity (Wildman–Crippen MR) is 86.1 cm³/mol. The second kappa shape index (κ2) is 4.88. The van der Waals surface area contributed by atoms with Gasteiger partial charge >= 0.3 is 0 Å². The zero-order chi connectivity index (χ0) is 14.4. The Labute approximate surface area is 132 Å². The second-order valence-electron chi connectivity index (χ2n) is 5.56. The molecule has 1 heterocycles. The van der Waals surface area contributed by atoms with Gasteiger partial charge in [0.15, 0.2) is 0 Å². The van der Waals surface area contributed by atoms with E-state index in [9.17, 15) is 4.79 Å². The molecule has 1 aliphatic heterocycles. The number of nitrogens with zero attached hydrogens (tertiary/aromatic N) is 1. The van der Waals surface area contributed by atoms with Gasteiger partial charge in [0.2, 0.25) is 0 Å². The van der Waals surface area contributed by atoms with Crippen molar-refractivity contribution in [2.75, 3.05) is 5.32 Å². The number of para-hydroxylation sites is 1. The molecule has 4 heteroatoms. The molecule has 2 aliphatic rings. The molecule has 2 aromatic rings. The lowest BCUT2D eigenvalue weighted by molar-refractivity contribution is 0.0666. The van der Waals surface area contributed by atoms with Crippen LogP contribution in [-0.4, -0.2) is 16.8 Å². The van der Waals surface area contributed by atoms with Crippen LogP contribution in [0.5, 0.6) is 0 Å². The maximum Gasteiger partial charge on any atom is 0.258 e. The number of amides is 1. The van der Waals surface area contributed by atoms with Crippen LogP contribution in [0.25, 0.3) is 0 Å². The zero-order valence-electron chi connectivity index (χ0n) is 11.4. The van der Waals surface area contributed by atoms with E-state index in [4.69, 9.17) is 0 Å². The van der Waals surface area contributed by atoms with Crippen molar-refractivity contribution < 1.29 is 4.79 Å². The van der Waals surface area contributed by atoms with Crippen LogP contribution >= 0.6 is 15.9 Å². The van der Waals surface area contributed by atoms with Crippen molar-refractivity contribution in [1.29, 1.82) is 0 Å². The van der Waals surface area contributed by atoms with Crippen molar-refractivity contribution in [3.8, 4) is 0 Å². The van der Waals surface area contributed by atoms with E-state index in [0.29, 0.717) is 6.04 Å². The molecule has 21 heavy (non-hydrogen) atoms. The van der Waals surface area contributed by atoms with Gasteiger partial charge in [0, 0.05) is 21.8 Å². The minimum Gasteiger partial charge on any atom is -0.361 e. The number of hydrogen-bond acceptors (Lipinski definition) is 2. The third-order valence-corrected chi connectivity index (χ3v) is 4.82. The molecule has 1 N–H and O–H groups in total.